The summed E-state index contributed by atoms with van der Waals surface area (Å²) in [5, 5.41) is 11.5. The Bertz CT molecular complexity index is 1370. The van der Waals surface area contributed by atoms with E-state index in [1.54, 1.807) is 6.92 Å². The molecule has 2 aromatic rings. The van der Waals surface area contributed by atoms with Crippen molar-refractivity contribution in [1.82, 2.24) is 0 Å². The molecule has 5 atom stereocenters. The third-order valence-electron chi connectivity index (χ3n) is 7.29. The van der Waals surface area contributed by atoms with Crippen LogP contribution in [0.1, 0.15) is 31.4 Å². The number of anilines is 2. The van der Waals surface area contributed by atoms with Crippen LogP contribution >= 0.6 is 0 Å². The first-order valence-corrected chi connectivity index (χ1v) is 11.2. The number of carbonyl (C=O) groups excluding carboxylic acids is 3. The lowest BCUT2D eigenvalue weighted by molar-refractivity contribution is -0.138. The van der Waals surface area contributed by atoms with Crippen LogP contribution in [0.2, 0.25) is 0 Å². The second-order valence-electron chi connectivity index (χ2n) is 9.64. The van der Waals surface area contributed by atoms with Gasteiger partial charge in [0.15, 0.2) is 0 Å². The molecular formula is C25H19F4N3O5. The van der Waals surface area contributed by atoms with Gasteiger partial charge in [0.1, 0.15) is 17.5 Å². The van der Waals surface area contributed by atoms with Gasteiger partial charge >= 0.3 is 12.3 Å². The first kappa shape index (κ1) is 24.7. The number of nitrogens with one attached hydrogen (secondary N) is 1. The van der Waals surface area contributed by atoms with Gasteiger partial charge in [0.2, 0.25) is 11.8 Å². The Morgan fingerprint density at radius 3 is 2.41 bits per heavy atom. The van der Waals surface area contributed by atoms with Crippen molar-refractivity contribution in [3.8, 4) is 6.07 Å². The average molecular weight is 517 g/mol. The molecule has 3 fully saturated rings. The maximum Gasteiger partial charge on any atom is 0.417 e. The maximum atomic E-state index is 13.5. The first-order valence-electron chi connectivity index (χ1n) is 11.2. The average Bonchev–Trinajstić information content (AvgIpc) is 3.34. The van der Waals surface area contributed by atoms with Gasteiger partial charge in [0, 0.05) is 12.1 Å². The highest BCUT2D eigenvalue weighted by Gasteiger charge is 2.77. The molecule has 0 saturated carbocycles. The molecule has 37 heavy (non-hydrogen) atoms. The molecule has 3 heterocycles. The molecule has 2 aromatic carbocycles. The number of alkyl halides is 3. The predicted molar refractivity (Wildman–Crippen MR) is 118 cm³/mol. The van der Waals surface area contributed by atoms with Crippen molar-refractivity contribution >= 4 is 29.3 Å². The molecule has 0 aliphatic carbocycles. The van der Waals surface area contributed by atoms with Gasteiger partial charge in [-0.3, -0.25) is 14.9 Å². The zero-order chi connectivity index (χ0) is 26.9. The number of carbonyl (C=O) groups is 3. The van der Waals surface area contributed by atoms with E-state index in [2.05, 4.69) is 5.32 Å². The van der Waals surface area contributed by atoms with Crippen molar-refractivity contribution in [2.75, 3.05) is 10.2 Å². The summed E-state index contributed by atoms with van der Waals surface area (Å²) in [5.41, 5.74) is -4.60. The third-order valence-corrected chi connectivity index (χ3v) is 7.29. The van der Waals surface area contributed by atoms with Crippen molar-refractivity contribution in [2.45, 2.75) is 43.8 Å². The molecule has 192 valence electrons. The van der Waals surface area contributed by atoms with Crippen LogP contribution in [0.5, 0.6) is 0 Å². The molecule has 0 unspecified atom stereocenters. The Morgan fingerprint density at radius 1 is 1.14 bits per heavy atom. The van der Waals surface area contributed by atoms with Gasteiger partial charge in [-0.15, -0.1) is 0 Å². The number of hydrogen-bond acceptors (Lipinski definition) is 6. The highest BCUT2D eigenvalue weighted by molar-refractivity contribution is 6.23. The van der Waals surface area contributed by atoms with Crippen LogP contribution in [-0.2, 0) is 25.2 Å². The summed E-state index contributed by atoms with van der Waals surface area (Å²) in [6.45, 7) is 3.11. The van der Waals surface area contributed by atoms with Crippen molar-refractivity contribution in [1.29, 1.82) is 5.26 Å². The summed E-state index contributed by atoms with van der Waals surface area (Å²) >= 11 is 0. The molecular weight excluding hydrogens is 498 g/mol. The van der Waals surface area contributed by atoms with Crippen LogP contribution in [0.4, 0.5) is 33.7 Å². The van der Waals surface area contributed by atoms with Gasteiger partial charge < -0.3 is 9.47 Å². The minimum atomic E-state index is -4.88. The van der Waals surface area contributed by atoms with Gasteiger partial charge in [0.05, 0.1) is 40.3 Å². The van der Waals surface area contributed by atoms with Gasteiger partial charge in [-0.1, -0.05) is 0 Å². The lowest BCUT2D eigenvalue weighted by Crippen LogP contribution is -2.51. The molecule has 5 rings (SSSR count). The number of rotatable bonds is 3. The van der Waals surface area contributed by atoms with Crippen LogP contribution in [0.25, 0.3) is 0 Å². The Morgan fingerprint density at radius 2 is 1.78 bits per heavy atom. The number of nitriles is 1. The minimum Gasteiger partial charge on any atom is -0.443 e. The molecule has 2 bridgehead atoms. The molecule has 1 N–H and O–H groups in total. The number of fused-ring (bicyclic) bond motifs is 5. The lowest BCUT2D eigenvalue weighted by atomic mass is 9.67. The monoisotopic (exact) mass is 517 g/mol. The highest BCUT2D eigenvalue weighted by Crippen LogP contribution is 2.61. The number of benzene rings is 2. The van der Waals surface area contributed by atoms with E-state index < -0.39 is 70.2 Å². The Labute approximate surface area is 207 Å². The standard InChI is InChI=1S/C25H19F4N3O5/c1-23-10-17(36-22(35)31-14-6-4-13(26)5-7-14)24(2,37-23)19-18(23)20(33)32(21(19)34)15-8-3-12(11-30)16(9-15)25(27,28)29/h3-9,17-19H,10H2,1-2H3,(H,31,35)/t17-,18-,19+,23-,24+/m1/s1. The highest BCUT2D eigenvalue weighted by atomic mass is 19.4. The summed E-state index contributed by atoms with van der Waals surface area (Å²) < 4.78 is 65.2. The van der Waals surface area contributed by atoms with Crippen LogP contribution in [0.15, 0.2) is 42.5 Å². The molecule has 3 aliphatic heterocycles. The molecule has 3 aliphatic rings. The van der Waals surface area contributed by atoms with Crippen molar-refractivity contribution in [2.24, 2.45) is 11.8 Å². The minimum absolute atomic E-state index is 0.0650. The molecule has 0 aromatic heterocycles. The summed E-state index contributed by atoms with van der Waals surface area (Å²) in [4.78, 5) is 40.1. The SMILES string of the molecule is C[C@]12O[C@](C)(C[C@H]1OC(=O)Nc1ccc(F)cc1)[C@H]1C(=O)N(c3ccc(C#N)c(C(F)(F)F)c3)C(=O)[C@H]12. The lowest BCUT2D eigenvalue weighted by Gasteiger charge is -2.34. The smallest absolute Gasteiger partial charge is 0.417 e. The fourth-order valence-electron chi connectivity index (χ4n) is 5.72. The summed E-state index contributed by atoms with van der Waals surface area (Å²) in [6, 6.07) is 9.04. The Hall–Kier alpha value is -3.98. The third kappa shape index (κ3) is 3.72. The number of ether oxygens (including phenoxy) is 2. The normalized spacial score (nSPS) is 30.3. The Kier molecular flexibility index (Phi) is 5.35. The van der Waals surface area contributed by atoms with Crippen molar-refractivity contribution in [3.63, 3.8) is 0 Å². The first-order chi connectivity index (χ1) is 17.3. The number of imide groups is 1. The fourth-order valence-corrected chi connectivity index (χ4v) is 5.72. The molecule has 3 amide bonds. The van der Waals surface area contributed by atoms with E-state index in [9.17, 15) is 31.9 Å². The maximum absolute atomic E-state index is 13.5. The number of halogens is 4. The van der Waals surface area contributed by atoms with E-state index in [0.29, 0.717) is 11.0 Å². The van der Waals surface area contributed by atoms with Crippen LogP contribution in [0, 0.1) is 29.0 Å². The Balaban J connectivity index is 1.42. The topological polar surface area (TPSA) is 109 Å². The van der Waals surface area contributed by atoms with Gasteiger partial charge in [-0.05, 0) is 56.3 Å². The van der Waals surface area contributed by atoms with Gasteiger partial charge in [-0.2, -0.15) is 18.4 Å². The fraction of sp³-hybridized carbons (Fsp3) is 0.360. The van der Waals surface area contributed by atoms with Crippen LogP contribution in [-0.4, -0.2) is 35.2 Å². The number of amides is 3. The van der Waals surface area contributed by atoms with E-state index in [-0.39, 0.29) is 17.8 Å². The van der Waals surface area contributed by atoms with Crippen molar-refractivity contribution in [3.05, 3.63) is 59.4 Å². The zero-order valence-corrected chi connectivity index (χ0v) is 19.4. The second kappa shape index (κ2) is 8.01. The van der Waals surface area contributed by atoms with Crippen molar-refractivity contribution < 1.29 is 41.4 Å². The van der Waals surface area contributed by atoms with E-state index in [1.807, 2.05) is 0 Å². The largest absolute Gasteiger partial charge is 0.443 e. The summed E-state index contributed by atoms with van der Waals surface area (Å²) in [7, 11) is 0. The molecule has 12 heteroatoms. The summed E-state index contributed by atoms with van der Waals surface area (Å²) in [6.07, 6.45) is -6.65. The van der Waals surface area contributed by atoms with E-state index in [0.717, 1.165) is 24.3 Å². The molecule has 0 radical (unpaired) electrons. The quantitative estimate of drug-likeness (QED) is 0.478. The van der Waals surface area contributed by atoms with Crippen LogP contribution < -0.4 is 10.2 Å². The molecule has 3 saturated heterocycles. The van der Waals surface area contributed by atoms with E-state index in [4.69, 9.17) is 14.7 Å². The predicted octanol–water partition coefficient (Wildman–Crippen LogP) is 4.39. The van der Waals surface area contributed by atoms with E-state index in [1.165, 1.54) is 25.1 Å². The molecule has 0 spiro atoms. The van der Waals surface area contributed by atoms with Gasteiger partial charge in [0.25, 0.3) is 0 Å². The number of hydrogen-bond donors (Lipinski definition) is 1. The zero-order valence-electron chi connectivity index (χ0n) is 19.4. The van der Waals surface area contributed by atoms with Gasteiger partial charge in [-0.25, -0.2) is 14.1 Å². The van der Waals surface area contributed by atoms with E-state index >= 15 is 0 Å². The molecule has 8 nitrogen and oxygen atoms in total. The second-order valence-corrected chi connectivity index (χ2v) is 9.64. The van der Waals surface area contributed by atoms with Crippen LogP contribution in [0.3, 0.4) is 0 Å². The summed E-state index contributed by atoms with van der Waals surface area (Å²) in [5.74, 6) is -4.13. The number of nitrogens with zero attached hydrogens (tertiary/aromatic N) is 2.